The number of carbonyl (C=O) groups excluding carboxylic acids is 2. The van der Waals surface area contributed by atoms with Gasteiger partial charge >= 0.3 is 12.0 Å². The van der Waals surface area contributed by atoms with Crippen molar-refractivity contribution in [2.75, 3.05) is 18.5 Å². The van der Waals surface area contributed by atoms with E-state index in [2.05, 4.69) is 16.0 Å². The number of carbonyl (C=O) groups is 3. The zero-order valence-corrected chi connectivity index (χ0v) is 16.4. The SMILES string of the molecule is CC(C)NC(=O)Nc1cccc(C(=O)NCCc2ccc(OCC(=O)O)cc2)c1. The van der Waals surface area contributed by atoms with E-state index in [1.54, 1.807) is 36.4 Å². The molecule has 8 nitrogen and oxygen atoms in total. The van der Waals surface area contributed by atoms with Crippen molar-refractivity contribution in [2.45, 2.75) is 26.3 Å². The van der Waals surface area contributed by atoms with Crippen LogP contribution in [0.4, 0.5) is 10.5 Å². The second kappa shape index (κ2) is 10.7. The highest BCUT2D eigenvalue weighted by molar-refractivity contribution is 5.96. The minimum absolute atomic E-state index is 0.0132. The van der Waals surface area contributed by atoms with Gasteiger partial charge < -0.3 is 25.8 Å². The van der Waals surface area contributed by atoms with E-state index in [0.29, 0.717) is 30.0 Å². The first kappa shape index (κ1) is 21.7. The van der Waals surface area contributed by atoms with Crippen molar-refractivity contribution < 1.29 is 24.2 Å². The number of benzene rings is 2. The van der Waals surface area contributed by atoms with Crippen molar-refractivity contribution in [2.24, 2.45) is 0 Å². The van der Waals surface area contributed by atoms with Gasteiger partial charge in [-0.3, -0.25) is 4.79 Å². The summed E-state index contributed by atoms with van der Waals surface area (Å²) in [6.45, 7) is 3.77. The number of carboxylic acids is 1. The van der Waals surface area contributed by atoms with Gasteiger partial charge in [-0.1, -0.05) is 18.2 Å². The minimum Gasteiger partial charge on any atom is -0.482 e. The maximum Gasteiger partial charge on any atom is 0.341 e. The smallest absolute Gasteiger partial charge is 0.341 e. The monoisotopic (exact) mass is 399 g/mol. The van der Waals surface area contributed by atoms with Gasteiger partial charge in [-0.05, 0) is 56.2 Å². The zero-order valence-electron chi connectivity index (χ0n) is 16.4. The Hall–Kier alpha value is -3.55. The second-order valence-corrected chi connectivity index (χ2v) is 6.67. The van der Waals surface area contributed by atoms with E-state index in [-0.39, 0.29) is 24.6 Å². The molecule has 0 atom stereocenters. The summed E-state index contributed by atoms with van der Waals surface area (Å²) in [5.74, 6) is -0.790. The Balaban J connectivity index is 1.82. The van der Waals surface area contributed by atoms with E-state index in [0.717, 1.165) is 5.56 Å². The van der Waals surface area contributed by atoms with Crippen molar-refractivity contribution in [1.82, 2.24) is 10.6 Å². The summed E-state index contributed by atoms with van der Waals surface area (Å²) in [7, 11) is 0. The number of aliphatic carboxylic acids is 1. The fourth-order valence-electron chi connectivity index (χ4n) is 2.49. The number of urea groups is 1. The highest BCUT2D eigenvalue weighted by Gasteiger charge is 2.08. The first-order valence-electron chi connectivity index (χ1n) is 9.23. The molecule has 0 aliphatic heterocycles. The Morgan fingerprint density at radius 2 is 1.79 bits per heavy atom. The summed E-state index contributed by atoms with van der Waals surface area (Å²) in [6, 6.07) is 13.4. The summed E-state index contributed by atoms with van der Waals surface area (Å²) in [5, 5.41) is 16.9. The highest BCUT2D eigenvalue weighted by Crippen LogP contribution is 2.13. The molecule has 2 aromatic rings. The largest absolute Gasteiger partial charge is 0.482 e. The maximum absolute atomic E-state index is 12.3. The molecule has 29 heavy (non-hydrogen) atoms. The summed E-state index contributed by atoms with van der Waals surface area (Å²) in [6.07, 6.45) is 0.611. The standard InChI is InChI=1S/C21H25N3O5/c1-14(2)23-21(28)24-17-5-3-4-16(12-17)20(27)22-11-10-15-6-8-18(9-7-15)29-13-19(25)26/h3-9,12,14H,10-11,13H2,1-2H3,(H,22,27)(H,25,26)(H2,23,24,28). The fourth-order valence-corrected chi connectivity index (χ4v) is 2.49. The predicted molar refractivity (Wildman–Crippen MR) is 109 cm³/mol. The first-order valence-corrected chi connectivity index (χ1v) is 9.23. The van der Waals surface area contributed by atoms with Crippen molar-refractivity contribution in [3.8, 4) is 5.75 Å². The zero-order chi connectivity index (χ0) is 21.2. The van der Waals surface area contributed by atoms with Crippen LogP contribution in [-0.4, -0.2) is 42.2 Å². The summed E-state index contributed by atoms with van der Waals surface area (Å²) in [4.78, 5) is 34.6. The molecular formula is C21H25N3O5. The predicted octanol–water partition coefficient (Wildman–Crippen LogP) is 2.65. The Bertz CT molecular complexity index is 850. The molecule has 0 heterocycles. The molecule has 0 saturated heterocycles. The Morgan fingerprint density at radius 1 is 1.07 bits per heavy atom. The van der Waals surface area contributed by atoms with Gasteiger partial charge in [-0.2, -0.15) is 0 Å². The van der Waals surface area contributed by atoms with E-state index in [9.17, 15) is 14.4 Å². The number of carboxylic acid groups (broad SMARTS) is 1. The van der Waals surface area contributed by atoms with E-state index in [1.807, 2.05) is 26.0 Å². The maximum atomic E-state index is 12.3. The van der Waals surface area contributed by atoms with Crippen molar-refractivity contribution in [1.29, 1.82) is 0 Å². The van der Waals surface area contributed by atoms with Crippen molar-refractivity contribution >= 4 is 23.6 Å². The van der Waals surface area contributed by atoms with Gasteiger partial charge in [0.25, 0.3) is 5.91 Å². The van der Waals surface area contributed by atoms with Crippen molar-refractivity contribution in [3.05, 3.63) is 59.7 Å². The van der Waals surface area contributed by atoms with Crippen LogP contribution in [0.25, 0.3) is 0 Å². The number of anilines is 1. The Kier molecular flexibility index (Phi) is 8.02. The molecule has 0 spiro atoms. The molecule has 0 aliphatic rings. The van der Waals surface area contributed by atoms with Crippen LogP contribution in [0.1, 0.15) is 29.8 Å². The van der Waals surface area contributed by atoms with Crippen LogP contribution in [0.15, 0.2) is 48.5 Å². The summed E-state index contributed by atoms with van der Waals surface area (Å²) >= 11 is 0. The number of amides is 3. The van der Waals surface area contributed by atoms with Crippen LogP contribution < -0.4 is 20.7 Å². The van der Waals surface area contributed by atoms with E-state index in [4.69, 9.17) is 9.84 Å². The molecule has 0 fully saturated rings. The van der Waals surface area contributed by atoms with Gasteiger partial charge in [-0.15, -0.1) is 0 Å². The van der Waals surface area contributed by atoms with Gasteiger partial charge in [0.05, 0.1) is 0 Å². The van der Waals surface area contributed by atoms with E-state index < -0.39 is 5.97 Å². The lowest BCUT2D eigenvalue weighted by molar-refractivity contribution is -0.139. The van der Waals surface area contributed by atoms with Crippen LogP contribution >= 0.6 is 0 Å². The average Bonchev–Trinajstić information content (AvgIpc) is 2.66. The van der Waals surface area contributed by atoms with Crippen LogP contribution in [0.2, 0.25) is 0 Å². The molecule has 2 aromatic carbocycles. The van der Waals surface area contributed by atoms with E-state index in [1.165, 1.54) is 0 Å². The third-order valence-electron chi connectivity index (χ3n) is 3.79. The number of hydrogen-bond acceptors (Lipinski definition) is 4. The molecule has 8 heteroatoms. The number of rotatable bonds is 9. The lowest BCUT2D eigenvalue weighted by atomic mass is 10.1. The molecule has 4 N–H and O–H groups in total. The van der Waals surface area contributed by atoms with Crippen LogP contribution in [0, 0.1) is 0 Å². The lowest BCUT2D eigenvalue weighted by Gasteiger charge is -2.11. The first-order chi connectivity index (χ1) is 13.8. The summed E-state index contributed by atoms with van der Waals surface area (Å²) < 4.78 is 5.08. The third-order valence-corrected chi connectivity index (χ3v) is 3.79. The molecule has 154 valence electrons. The molecule has 0 aromatic heterocycles. The molecule has 0 saturated carbocycles. The van der Waals surface area contributed by atoms with Gasteiger partial charge in [-0.25, -0.2) is 9.59 Å². The normalized spacial score (nSPS) is 10.3. The molecular weight excluding hydrogens is 374 g/mol. The molecule has 0 aliphatic carbocycles. The number of nitrogens with one attached hydrogen (secondary N) is 3. The molecule has 0 unspecified atom stereocenters. The Morgan fingerprint density at radius 3 is 2.45 bits per heavy atom. The van der Waals surface area contributed by atoms with Crippen molar-refractivity contribution in [3.63, 3.8) is 0 Å². The van der Waals surface area contributed by atoms with Gasteiger partial charge in [0.1, 0.15) is 5.75 Å². The topological polar surface area (TPSA) is 117 Å². The van der Waals surface area contributed by atoms with Crippen LogP contribution in [0.3, 0.4) is 0 Å². The highest BCUT2D eigenvalue weighted by atomic mass is 16.5. The van der Waals surface area contributed by atoms with Gasteiger partial charge in [0.2, 0.25) is 0 Å². The molecule has 2 rings (SSSR count). The summed E-state index contributed by atoms with van der Waals surface area (Å²) in [5.41, 5.74) is 1.96. The molecule has 0 bridgehead atoms. The number of ether oxygens (including phenoxy) is 1. The van der Waals surface area contributed by atoms with E-state index >= 15 is 0 Å². The van der Waals surface area contributed by atoms with Gasteiger partial charge in [0, 0.05) is 23.8 Å². The van der Waals surface area contributed by atoms with Gasteiger partial charge in [0.15, 0.2) is 6.61 Å². The fraction of sp³-hybridized carbons (Fsp3) is 0.286. The quantitative estimate of drug-likeness (QED) is 0.517. The number of hydrogen-bond donors (Lipinski definition) is 4. The molecule has 0 radical (unpaired) electrons. The lowest BCUT2D eigenvalue weighted by Crippen LogP contribution is -2.34. The average molecular weight is 399 g/mol. The van der Waals surface area contributed by atoms with Crippen LogP contribution in [-0.2, 0) is 11.2 Å². The third kappa shape index (κ3) is 7.92. The van der Waals surface area contributed by atoms with Crippen LogP contribution in [0.5, 0.6) is 5.75 Å². The minimum atomic E-state index is -1.03. The molecule has 3 amide bonds. The second-order valence-electron chi connectivity index (χ2n) is 6.67. The Labute approximate surface area is 169 Å².